The number of hydrogen-bond donors (Lipinski definition) is 2. The lowest BCUT2D eigenvalue weighted by molar-refractivity contribution is -0.130. The van der Waals surface area contributed by atoms with Crippen LogP contribution in [0.2, 0.25) is 0 Å². The van der Waals surface area contributed by atoms with Gasteiger partial charge in [0.1, 0.15) is 0 Å². The topological polar surface area (TPSA) is 63.8 Å². The average molecular weight is 416 g/mol. The summed E-state index contributed by atoms with van der Waals surface area (Å²) in [5.74, 6) is 0.135. The number of likely N-dealkylation sites (tertiary alicyclic amines) is 1. The van der Waals surface area contributed by atoms with Gasteiger partial charge in [-0.15, -0.1) is 0 Å². The number of benzene rings is 2. The molecule has 2 aliphatic heterocycles. The third kappa shape index (κ3) is 3.60. The van der Waals surface area contributed by atoms with Crippen LogP contribution in [0, 0.1) is 17.4 Å². The molecule has 2 aromatic rings. The summed E-state index contributed by atoms with van der Waals surface area (Å²) in [6.07, 6.45) is 2.19. The minimum Gasteiger partial charge on any atom is -0.346 e. The molecule has 1 atom stereocenters. The van der Waals surface area contributed by atoms with E-state index in [1.165, 1.54) is 4.90 Å². The number of piperidine rings is 1. The Hall–Kier alpha value is -3.17. The predicted octanol–water partition coefficient (Wildman–Crippen LogP) is 4.22. The van der Waals surface area contributed by atoms with Crippen LogP contribution >= 0.6 is 0 Å². The van der Waals surface area contributed by atoms with Crippen molar-refractivity contribution in [3.05, 3.63) is 65.5 Å². The maximum absolute atomic E-state index is 13.0. The number of amides is 1. The van der Waals surface area contributed by atoms with Crippen molar-refractivity contribution in [2.75, 3.05) is 27.2 Å². The standard InChI is InChI=1S/C25H29N5O/c1-24(20-9-5-7-18(15-20)19-8-6-10-21(16-19)27-2)25(11-13-29(3)14-12-25)17-22(31)30(4)23(26)28-24/h5-10,15-16H,11-14,17H2,1,3-4H3,(H2,26,28). The SMILES string of the molecule is [C-]#[N+]c1cccc(-c2cccc(C3(C)NC(=N)N(C)C(=O)CC34CCN(C)CC4)c2)c1. The maximum Gasteiger partial charge on any atom is 0.229 e. The Bertz CT molecular complexity index is 1060. The van der Waals surface area contributed by atoms with Gasteiger partial charge in [-0.1, -0.05) is 36.4 Å². The Kier molecular flexibility index (Phi) is 5.32. The summed E-state index contributed by atoms with van der Waals surface area (Å²) in [5.41, 5.74) is 2.85. The molecule has 0 radical (unpaired) electrons. The number of hydrogen-bond acceptors (Lipinski definition) is 3. The molecule has 6 nitrogen and oxygen atoms in total. The second-order valence-electron chi connectivity index (χ2n) is 9.05. The van der Waals surface area contributed by atoms with Gasteiger partial charge in [-0.3, -0.25) is 15.1 Å². The van der Waals surface area contributed by atoms with Crippen molar-refractivity contribution in [2.45, 2.75) is 31.7 Å². The first-order valence-corrected chi connectivity index (χ1v) is 10.7. The molecule has 160 valence electrons. The molecule has 2 saturated heterocycles. The number of carbonyl (C=O) groups excluding carboxylic acids is 1. The monoisotopic (exact) mass is 415 g/mol. The minimum atomic E-state index is -0.570. The first-order valence-electron chi connectivity index (χ1n) is 10.7. The average Bonchev–Trinajstić information content (AvgIpc) is 2.86. The molecule has 0 bridgehead atoms. The number of carbonyl (C=O) groups is 1. The summed E-state index contributed by atoms with van der Waals surface area (Å²) >= 11 is 0. The third-order valence-electron chi connectivity index (χ3n) is 7.32. The van der Waals surface area contributed by atoms with Gasteiger partial charge < -0.3 is 10.2 Å². The van der Waals surface area contributed by atoms with Crippen molar-refractivity contribution in [1.29, 1.82) is 5.41 Å². The summed E-state index contributed by atoms with van der Waals surface area (Å²) in [6.45, 7) is 11.3. The van der Waals surface area contributed by atoms with Gasteiger partial charge in [0.15, 0.2) is 11.6 Å². The maximum atomic E-state index is 13.0. The van der Waals surface area contributed by atoms with Gasteiger partial charge in [0.05, 0.1) is 12.1 Å². The van der Waals surface area contributed by atoms with Gasteiger partial charge in [0, 0.05) is 18.9 Å². The largest absolute Gasteiger partial charge is 0.346 e. The van der Waals surface area contributed by atoms with Crippen molar-refractivity contribution in [3.8, 4) is 11.1 Å². The van der Waals surface area contributed by atoms with E-state index < -0.39 is 5.54 Å². The highest BCUT2D eigenvalue weighted by Gasteiger charge is 2.54. The van der Waals surface area contributed by atoms with Gasteiger partial charge in [-0.2, -0.15) is 0 Å². The zero-order chi connectivity index (χ0) is 22.2. The van der Waals surface area contributed by atoms with E-state index in [0.29, 0.717) is 12.1 Å². The predicted molar refractivity (Wildman–Crippen MR) is 123 cm³/mol. The van der Waals surface area contributed by atoms with Crippen LogP contribution in [0.3, 0.4) is 0 Å². The fraction of sp³-hybridized carbons (Fsp3) is 0.400. The molecule has 0 saturated carbocycles. The number of guanidine groups is 1. The fourth-order valence-electron chi connectivity index (χ4n) is 5.03. The second kappa shape index (κ2) is 7.82. The van der Waals surface area contributed by atoms with E-state index in [2.05, 4.69) is 47.2 Å². The molecule has 4 rings (SSSR count). The van der Waals surface area contributed by atoms with Crippen molar-refractivity contribution in [1.82, 2.24) is 15.1 Å². The highest BCUT2D eigenvalue weighted by molar-refractivity contribution is 5.97. The smallest absolute Gasteiger partial charge is 0.229 e. The van der Waals surface area contributed by atoms with E-state index in [4.69, 9.17) is 12.0 Å². The minimum absolute atomic E-state index is 0.00769. The first-order chi connectivity index (χ1) is 14.8. The van der Waals surface area contributed by atoms with Crippen LogP contribution in [-0.2, 0) is 10.3 Å². The number of nitrogens with one attached hydrogen (secondary N) is 2. The summed E-state index contributed by atoms with van der Waals surface area (Å²) in [7, 11) is 3.80. The molecule has 0 aliphatic carbocycles. The molecule has 1 unspecified atom stereocenters. The number of rotatable bonds is 2. The molecule has 2 heterocycles. The first kappa shape index (κ1) is 21.1. The van der Waals surface area contributed by atoms with Crippen LogP contribution in [0.1, 0.15) is 31.7 Å². The van der Waals surface area contributed by atoms with Gasteiger partial charge in [-0.05, 0) is 68.7 Å². The van der Waals surface area contributed by atoms with Crippen LogP contribution in [0.15, 0.2) is 48.5 Å². The molecule has 31 heavy (non-hydrogen) atoms. The molecule has 2 fully saturated rings. The zero-order valence-corrected chi connectivity index (χ0v) is 18.4. The van der Waals surface area contributed by atoms with Gasteiger partial charge in [0.25, 0.3) is 0 Å². The van der Waals surface area contributed by atoms with E-state index in [9.17, 15) is 4.79 Å². The Morgan fingerprint density at radius 3 is 2.39 bits per heavy atom. The summed E-state index contributed by atoms with van der Waals surface area (Å²) in [4.78, 5) is 20.3. The van der Waals surface area contributed by atoms with Crippen LogP contribution < -0.4 is 5.32 Å². The molecule has 1 amide bonds. The molecule has 1 spiro atoms. The summed E-state index contributed by atoms with van der Waals surface area (Å²) in [6, 6.07) is 16.0. The molecule has 2 N–H and O–H groups in total. The molecular weight excluding hydrogens is 386 g/mol. The van der Waals surface area contributed by atoms with Crippen molar-refractivity contribution >= 4 is 17.6 Å². The molecule has 0 aromatic heterocycles. The molecule has 2 aliphatic rings. The Balaban J connectivity index is 1.83. The van der Waals surface area contributed by atoms with E-state index >= 15 is 0 Å². The fourth-order valence-corrected chi connectivity index (χ4v) is 5.03. The Morgan fingerprint density at radius 2 is 1.71 bits per heavy atom. The van der Waals surface area contributed by atoms with E-state index in [1.54, 1.807) is 7.05 Å². The second-order valence-corrected chi connectivity index (χ2v) is 9.05. The third-order valence-corrected chi connectivity index (χ3v) is 7.32. The lowest BCUT2D eigenvalue weighted by Crippen LogP contribution is -2.58. The van der Waals surface area contributed by atoms with Crippen molar-refractivity contribution < 1.29 is 4.79 Å². The van der Waals surface area contributed by atoms with E-state index in [-0.39, 0.29) is 17.3 Å². The highest BCUT2D eigenvalue weighted by atomic mass is 16.2. The molecule has 6 heteroatoms. The van der Waals surface area contributed by atoms with Crippen LogP contribution in [-0.4, -0.2) is 48.9 Å². The van der Waals surface area contributed by atoms with E-state index in [0.717, 1.165) is 42.6 Å². The van der Waals surface area contributed by atoms with Gasteiger partial charge >= 0.3 is 0 Å². The van der Waals surface area contributed by atoms with Crippen LogP contribution in [0.4, 0.5) is 5.69 Å². The van der Waals surface area contributed by atoms with Gasteiger partial charge in [0.2, 0.25) is 5.91 Å². The van der Waals surface area contributed by atoms with Crippen molar-refractivity contribution in [3.63, 3.8) is 0 Å². The van der Waals surface area contributed by atoms with Gasteiger partial charge in [-0.25, -0.2) is 4.85 Å². The van der Waals surface area contributed by atoms with Crippen LogP contribution in [0.5, 0.6) is 0 Å². The normalized spacial score (nSPS) is 23.9. The Morgan fingerprint density at radius 1 is 1.06 bits per heavy atom. The molecule has 2 aromatic carbocycles. The lowest BCUT2D eigenvalue weighted by Gasteiger charge is -2.51. The van der Waals surface area contributed by atoms with Crippen LogP contribution in [0.25, 0.3) is 16.0 Å². The summed E-state index contributed by atoms with van der Waals surface area (Å²) < 4.78 is 0. The van der Waals surface area contributed by atoms with Crippen molar-refractivity contribution in [2.24, 2.45) is 5.41 Å². The summed E-state index contributed by atoms with van der Waals surface area (Å²) in [5, 5.41) is 12.0. The zero-order valence-electron chi connectivity index (χ0n) is 18.4. The molecular formula is C25H29N5O. The number of nitrogens with zero attached hydrogens (tertiary/aromatic N) is 3. The quantitative estimate of drug-likeness (QED) is 0.722. The highest BCUT2D eigenvalue weighted by Crippen LogP contribution is 2.51. The Labute approximate surface area is 184 Å². The lowest BCUT2D eigenvalue weighted by atomic mass is 9.60. The van der Waals surface area contributed by atoms with E-state index in [1.807, 2.05) is 30.3 Å².